The molecule has 0 saturated carbocycles. The molecule has 2 nitrogen and oxygen atoms in total. The molecular formula is C32H19NOS. The van der Waals surface area contributed by atoms with Gasteiger partial charge in [-0.05, 0) is 65.7 Å². The first kappa shape index (κ1) is 19.0. The van der Waals surface area contributed by atoms with Crippen molar-refractivity contribution >= 4 is 64.5 Å². The van der Waals surface area contributed by atoms with Gasteiger partial charge in [0.05, 0.1) is 5.52 Å². The first-order valence-electron chi connectivity index (χ1n) is 11.8. The summed E-state index contributed by atoms with van der Waals surface area (Å²) in [6, 6.07) is 41.1. The molecule has 5 aromatic carbocycles. The average molecular weight is 466 g/mol. The van der Waals surface area contributed by atoms with Gasteiger partial charge in [0, 0.05) is 36.6 Å². The number of rotatable bonds is 2. The molecule has 0 fully saturated rings. The van der Waals surface area contributed by atoms with Gasteiger partial charge in [-0.2, -0.15) is 0 Å². The summed E-state index contributed by atoms with van der Waals surface area (Å²) >= 11 is 1.85. The summed E-state index contributed by atoms with van der Waals surface area (Å²) in [5, 5.41) is 4.90. The quantitative estimate of drug-likeness (QED) is 0.248. The van der Waals surface area contributed by atoms with Gasteiger partial charge in [0.2, 0.25) is 0 Å². The molecule has 3 heteroatoms. The van der Waals surface area contributed by atoms with Gasteiger partial charge in [-0.3, -0.25) is 0 Å². The highest BCUT2D eigenvalue weighted by atomic mass is 32.1. The second-order valence-corrected chi connectivity index (χ2v) is 10.1. The van der Waals surface area contributed by atoms with Crippen LogP contribution in [0.25, 0.3) is 70.0 Å². The summed E-state index contributed by atoms with van der Waals surface area (Å²) in [5.74, 6) is 0. The largest absolute Gasteiger partial charge is 0.454 e. The Morgan fingerprint density at radius 3 is 2.17 bits per heavy atom. The third-order valence-corrected chi connectivity index (χ3v) is 8.15. The number of aromatic nitrogens is 1. The molecule has 0 unspecified atom stereocenters. The van der Waals surface area contributed by atoms with Crippen LogP contribution in [0.3, 0.4) is 0 Å². The molecular weight excluding hydrogens is 446 g/mol. The minimum atomic E-state index is 0.915. The number of para-hydroxylation sites is 2. The van der Waals surface area contributed by atoms with Crippen LogP contribution in [0.2, 0.25) is 0 Å². The number of hydrogen-bond acceptors (Lipinski definition) is 2. The lowest BCUT2D eigenvalue weighted by molar-refractivity contribution is 0.673. The molecule has 0 aliphatic carbocycles. The normalized spacial score (nSPS) is 12.0. The predicted octanol–water partition coefficient (Wildman–Crippen LogP) is 9.56. The highest BCUT2D eigenvalue weighted by Crippen LogP contribution is 2.41. The Labute approximate surface area is 205 Å². The average Bonchev–Trinajstić information content (AvgIpc) is 3.57. The molecule has 3 heterocycles. The Morgan fingerprint density at radius 1 is 0.543 bits per heavy atom. The van der Waals surface area contributed by atoms with Gasteiger partial charge in [-0.1, -0.05) is 60.7 Å². The van der Waals surface area contributed by atoms with Crippen molar-refractivity contribution in [1.29, 1.82) is 0 Å². The van der Waals surface area contributed by atoms with Crippen LogP contribution in [0.15, 0.2) is 120 Å². The van der Waals surface area contributed by atoms with E-state index in [1.54, 1.807) is 0 Å². The smallest absolute Gasteiger partial charge is 0.161 e. The van der Waals surface area contributed by atoms with E-state index in [0.29, 0.717) is 0 Å². The van der Waals surface area contributed by atoms with E-state index in [4.69, 9.17) is 4.42 Å². The van der Waals surface area contributed by atoms with Crippen LogP contribution in [-0.2, 0) is 0 Å². The topological polar surface area (TPSA) is 18.1 Å². The second-order valence-electron chi connectivity index (χ2n) is 8.99. The van der Waals surface area contributed by atoms with Crippen LogP contribution >= 0.6 is 11.3 Å². The molecule has 0 spiro atoms. The summed E-state index contributed by atoms with van der Waals surface area (Å²) < 4.78 is 11.5. The summed E-state index contributed by atoms with van der Waals surface area (Å²) in [6.07, 6.45) is 0. The van der Waals surface area contributed by atoms with Crippen molar-refractivity contribution in [2.75, 3.05) is 0 Å². The van der Waals surface area contributed by atoms with E-state index in [1.807, 2.05) is 11.3 Å². The van der Waals surface area contributed by atoms with Crippen molar-refractivity contribution in [1.82, 2.24) is 4.57 Å². The summed E-state index contributed by atoms with van der Waals surface area (Å²) in [6.45, 7) is 0. The highest BCUT2D eigenvalue weighted by molar-refractivity contribution is 7.25. The zero-order chi connectivity index (χ0) is 22.9. The molecule has 35 heavy (non-hydrogen) atoms. The van der Waals surface area contributed by atoms with Gasteiger partial charge in [-0.15, -0.1) is 11.3 Å². The molecule has 0 aliphatic rings. The minimum absolute atomic E-state index is 0.915. The van der Waals surface area contributed by atoms with E-state index in [1.165, 1.54) is 31.3 Å². The van der Waals surface area contributed by atoms with Crippen LogP contribution in [0.1, 0.15) is 0 Å². The molecule has 164 valence electrons. The lowest BCUT2D eigenvalue weighted by Crippen LogP contribution is -1.92. The predicted molar refractivity (Wildman–Crippen MR) is 149 cm³/mol. The Balaban J connectivity index is 1.38. The lowest BCUT2D eigenvalue weighted by Gasteiger charge is -2.07. The third-order valence-electron chi connectivity index (χ3n) is 7.00. The number of nitrogens with zero attached hydrogens (tertiary/aromatic N) is 1. The monoisotopic (exact) mass is 465 g/mol. The molecule has 8 rings (SSSR count). The molecule has 8 aromatic rings. The SMILES string of the molecule is c1ccc(-n2c3ccccc3c3oc4cc(-c5ccc6sc7ccccc7c6c5)ccc4c32)cc1. The number of furan rings is 1. The maximum atomic E-state index is 6.55. The zero-order valence-electron chi connectivity index (χ0n) is 18.7. The number of thiophene rings is 1. The molecule has 0 N–H and O–H groups in total. The molecule has 0 atom stereocenters. The maximum Gasteiger partial charge on any atom is 0.161 e. The van der Waals surface area contributed by atoms with Crippen LogP contribution in [0.4, 0.5) is 0 Å². The van der Waals surface area contributed by atoms with Gasteiger partial charge < -0.3 is 8.98 Å². The first-order valence-corrected chi connectivity index (χ1v) is 12.6. The fourth-order valence-corrected chi connectivity index (χ4v) is 6.49. The van der Waals surface area contributed by atoms with Crippen molar-refractivity contribution in [3.63, 3.8) is 0 Å². The van der Waals surface area contributed by atoms with Crippen LogP contribution < -0.4 is 0 Å². The van der Waals surface area contributed by atoms with Gasteiger partial charge in [0.15, 0.2) is 5.58 Å². The van der Waals surface area contributed by atoms with E-state index in [0.717, 1.165) is 38.7 Å². The van der Waals surface area contributed by atoms with Gasteiger partial charge in [-0.25, -0.2) is 0 Å². The Hall–Kier alpha value is -4.34. The molecule has 0 aliphatic heterocycles. The van der Waals surface area contributed by atoms with Crippen LogP contribution in [-0.4, -0.2) is 4.57 Å². The van der Waals surface area contributed by atoms with Gasteiger partial charge in [0.25, 0.3) is 0 Å². The van der Waals surface area contributed by atoms with Gasteiger partial charge in [0.1, 0.15) is 11.1 Å². The summed E-state index contributed by atoms with van der Waals surface area (Å²) in [4.78, 5) is 0. The molecule has 0 saturated heterocycles. The van der Waals surface area contributed by atoms with Crippen molar-refractivity contribution in [3.8, 4) is 16.8 Å². The fraction of sp³-hybridized carbons (Fsp3) is 0. The van der Waals surface area contributed by atoms with Crippen molar-refractivity contribution < 1.29 is 4.42 Å². The number of benzene rings is 5. The second kappa shape index (κ2) is 7.08. The summed E-state index contributed by atoms with van der Waals surface area (Å²) in [5.41, 5.74) is 7.65. The Kier molecular flexibility index (Phi) is 3.85. The van der Waals surface area contributed by atoms with Gasteiger partial charge >= 0.3 is 0 Å². The van der Waals surface area contributed by atoms with E-state index in [2.05, 4.69) is 120 Å². The molecule has 0 bridgehead atoms. The van der Waals surface area contributed by atoms with Crippen LogP contribution in [0, 0.1) is 0 Å². The number of fused-ring (bicyclic) bond motifs is 8. The highest BCUT2D eigenvalue weighted by Gasteiger charge is 2.19. The van der Waals surface area contributed by atoms with E-state index in [9.17, 15) is 0 Å². The molecule has 0 amide bonds. The zero-order valence-corrected chi connectivity index (χ0v) is 19.5. The van der Waals surface area contributed by atoms with E-state index in [-0.39, 0.29) is 0 Å². The maximum absolute atomic E-state index is 6.55. The first-order chi connectivity index (χ1) is 17.3. The Bertz CT molecular complexity index is 2060. The molecule has 3 aromatic heterocycles. The van der Waals surface area contributed by atoms with Crippen molar-refractivity contribution in [2.45, 2.75) is 0 Å². The van der Waals surface area contributed by atoms with E-state index < -0.39 is 0 Å². The Morgan fingerprint density at radius 2 is 1.26 bits per heavy atom. The minimum Gasteiger partial charge on any atom is -0.454 e. The fourth-order valence-electron chi connectivity index (χ4n) is 5.40. The standard InChI is InChI=1S/C32H19NOS/c1-2-8-22(9-3-1)33-27-12-6-4-11-24(27)32-31(33)25-16-14-21(19-28(25)34-32)20-15-17-30-26(18-20)23-10-5-7-13-29(23)35-30/h1-19H. The summed E-state index contributed by atoms with van der Waals surface area (Å²) in [7, 11) is 0. The van der Waals surface area contributed by atoms with Crippen LogP contribution in [0.5, 0.6) is 0 Å². The number of hydrogen-bond donors (Lipinski definition) is 0. The third kappa shape index (κ3) is 2.70. The lowest BCUT2D eigenvalue weighted by atomic mass is 10.0. The molecule has 0 radical (unpaired) electrons. The van der Waals surface area contributed by atoms with Crippen molar-refractivity contribution in [3.05, 3.63) is 115 Å². The van der Waals surface area contributed by atoms with E-state index >= 15 is 0 Å². The van der Waals surface area contributed by atoms with Crippen molar-refractivity contribution in [2.24, 2.45) is 0 Å².